The molecule has 1 aliphatic rings. The van der Waals surface area contributed by atoms with Gasteiger partial charge in [-0.1, -0.05) is 29.5 Å². The number of nitrogens with zero attached hydrogens (tertiary/aromatic N) is 3. The molecule has 0 aliphatic carbocycles. The van der Waals surface area contributed by atoms with Crippen LogP contribution in [0.5, 0.6) is 0 Å². The normalized spacial score (nSPS) is 19.7. The molecule has 0 bridgehead atoms. The van der Waals surface area contributed by atoms with E-state index in [4.69, 9.17) is 0 Å². The van der Waals surface area contributed by atoms with E-state index in [1.165, 1.54) is 11.1 Å². The van der Waals surface area contributed by atoms with Crippen LogP contribution in [0.4, 0.5) is 0 Å². The molecule has 4 nitrogen and oxygen atoms in total. The fourth-order valence-corrected chi connectivity index (χ4v) is 2.41. The molecule has 0 amide bonds. The van der Waals surface area contributed by atoms with E-state index in [1.807, 2.05) is 6.20 Å². The predicted molar refractivity (Wildman–Crippen MR) is 66.7 cm³/mol. The van der Waals surface area contributed by atoms with Gasteiger partial charge in [0, 0.05) is 12.1 Å². The lowest BCUT2D eigenvalue weighted by Gasteiger charge is -2.13. The average Bonchev–Trinajstić information content (AvgIpc) is 3.00. The highest BCUT2D eigenvalue weighted by Crippen LogP contribution is 2.26. The number of benzene rings is 1. The summed E-state index contributed by atoms with van der Waals surface area (Å²) in [5.74, 6) is 0. The van der Waals surface area contributed by atoms with Gasteiger partial charge in [-0.2, -0.15) is 0 Å². The summed E-state index contributed by atoms with van der Waals surface area (Å²) in [7, 11) is 0. The molecule has 1 fully saturated rings. The van der Waals surface area contributed by atoms with Crippen molar-refractivity contribution in [1.82, 2.24) is 20.3 Å². The van der Waals surface area contributed by atoms with Crippen LogP contribution in [0.1, 0.15) is 18.0 Å². The van der Waals surface area contributed by atoms with Crippen LogP contribution < -0.4 is 5.32 Å². The lowest BCUT2D eigenvalue weighted by atomic mass is 10.1. The fraction of sp³-hybridized carbons (Fsp3) is 0.385. The van der Waals surface area contributed by atoms with Gasteiger partial charge in [0.1, 0.15) is 0 Å². The van der Waals surface area contributed by atoms with Crippen LogP contribution in [0.3, 0.4) is 0 Å². The van der Waals surface area contributed by atoms with Crippen molar-refractivity contribution in [2.45, 2.75) is 19.4 Å². The van der Waals surface area contributed by atoms with E-state index in [0.717, 1.165) is 25.2 Å². The molecule has 0 radical (unpaired) electrons. The third-order valence-corrected chi connectivity index (χ3v) is 3.38. The molecular weight excluding hydrogens is 212 g/mol. The minimum Gasteiger partial charge on any atom is -0.315 e. The third kappa shape index (κ3) is 1.85. The van der Waals surface area contributed by atoms with Crippen molar-refractivity contribution >= 4 is 0 Å². The van der Waals surface area contributed by atoms with Crippen LogP contribution >= 0.6 is 0 Å². The topological polar surface area (TPSA) is 42.7 Å². The second-order valence-corrected chi connectivity index (χ2v) is 4.53. The number of nitrogens with one attached hydrogen (secondary N) is 1. The molecule has 1 aliphatic heterocycles. The molecule has 3 rings (SSSR count). The minimum atomic E-state index is 0.437. The number of hydrogen-bond acceptors (Lipinski definition) is 3. The van der Waals surface area contributed by atoms with Gasteiger partial charge in [-0.3, -0.25) is 0 Å². The molecule has 17 heavy (non-hydrogen) atoms. The van der Waals surface area contributed by atoms with E-state index in [0.29, 0.717) is 6.04 Å². The zero-order valence-corrected chi connectivity index (χ0v) is 9.93. The Hall–Kier alpha value is -1.68. The van der Waals surface area contributed by atoms with Crippen LogP contribution in [-0.4, -0.2) is 28.1 Å². The Morgan fingerprint density at radius 2 is 2.24 bits per heavy atom. The van der Waals surface area contributed by atoms with Gasteiger partial charge in [-0.15, -0.1) is 5.10 Å². The smallest absolute Gasteiger partial charge is 0.0892 e. The van der Waals surface area contributed by atoms with E-state index >= 15 is 0 Å². The Morgan fingerprint density at radius 3 is 3.00 bits per heavy atom. The van der Waals surface area contributed by atoms with Crippen molar-refractivity contribution in [3.05, 3.63) is 36.0 Å². The van der Waals surface area contributed by atoms with E-state index in [1.54, 1.807) is 0 Å². The maximum absolute atomic E-state index is 4.24. The monoisotopic (exact) mass is 228 g/mol. The highest BCUT2D eigenvalue weighted by atomic mass is 15.4. The first-order chi connectivity index (χ1) is 8.36. The summed E-state index contributed by atoms with van der Waals surface area (Å²) >= 11 is 0. The van der Waals surface area contributed by atoms with Crippen LogP contribution in [-0.2, 0) is 0 Å². The van der Waals surface area contributed by atoms with E-state index in [-0.39, 0.29) is 0 Å². The molecule has 2 heterocycles. The van der Waals surface area contributed by atoms with Crippen LogP contribution in [0.15, 0.2) is 30.5 Å². The number of rotatable bonds is 2. The van der Waals surface area contributed by atoms with Crippen molar-refractivity contribution in [3.8, 4) is 11.3 Å². The zero-order valence-electron chi connectivity index (χ0n) is 9.93. The van der Waals surface area contributed by atoms with Gasteiger partial charge in [-0.05, 0) is 25.5 Å². The van der Waals surface area contributed by atoms with E-state index in [2.05, 4.69) is 51.5 Å². The van der Waals surface area contributed by atoms with Crippen molar-refractivity contribution in [2.24, 2.45) is 0 Å². The summed E-state index contributed by atoms with van der Waals surface area (Å²) in [5, 5.41) is 11.7. The number of hydrogen-bond donors (Lipinski definition) is 1. The van der Waals surface area contributed by atoms with Crippen molar-refractivity contribution < 1.29 is 0 Å². The maximum Gasteiger partial charge on any atom is 0.0892 e. The highest BCUT2D eigenvalue weighted by molar-refractivity contribution is 5.62. The summed E-state index contributed by atoms with van der Waals surface area (Å²) in [6.07, 6.45) is 2.99. The van der Waals surface area contributed by atoms with Gasteiger partial charge in [0.25, 0.3) is 0 Å². The average molecular weight is 228 g/mol. The molecule has 1 saturated heterocycles. The largest absolute Gasteiger partial charge is 0.315 e. The third-order valence-electron chi connectivity index (χ3n) is 3.38. The van der Waals surface area contributed by atoms with Gasteiger partial charge in [0.05, 0.1) is 17.9 Å². The van der Waals surface area contributed by atoms with Gasteiger partial charge in [0.2, 0.25) is 0 Å². The minimum absolute atomic E-state index is 0.437. The molecule has 4 heteroatoms. The molecule has 1 atom stereocenters. The Balaban J connectivity index is 2.04. The second-order valence-electron chi connectivity index (χ2n) is 4.53. The first kappa shape index (κ1) is 10.5. The Bertz CT molecular complexity index is 512. The molecular formula is C13H16N4. The molecule has 1 aromatic heterocycles. The van der Waals surface area contributed by atoms with Gasteiger partial charge in [0.15, 0.2) is 0 Å². The van der Waals surface area contributed by atoms with Crippen LogP contribution in [0, 0.1) is 6.92 Å². The Labute approximate surface area is 101 Å². The predicted octanol–water partition coefficient (Wildman–Crippen LogP) is 1.79. The van der Waals surface area contributed by atoms with Gasteiger partial charge >= 0.3 is 0 Å². The first-order valence-corrected chi connectivity index (χ1v) is 6.03. The Morgan fingerprint density at radius 1 is 1.35 bits per heavy atom. The molecule has 2 aromatic rings. The zero-order chi connectivity index (χ0) is 11.7. The molecule has 1 aromatic carbocycles. The molecule has 1 unspecified atom stereocenters. The SMILES string of the molecule is Cc1ccccc1-c1cnnn1C1CCNC1. The maximum atomic E-state index is 4.24. The molecule has 1 N–H and O–H groups in total. The first-order valence-electron chi connectivity index (χ1n) is 6.03. The fourth-order valence-electron chi connectivity index (χ4n) is 2.41. The second kappa shape index (κ2) is 4.30. The lowest BCUT2D eigenvalue weighted by Crippen LogP contribution is -2.15. The summed E-state index contributed by atoms with van der Waals surface area (Å²) in [6, 6.07) is 8.82. The number of aromatic nitrogens is 3. The van der Waals surface area contributed by atoms with Crippen molar-refractivity contribution in [2.75, 3.05) is 13.1 Å². The summed E-state index contributed by atoms with van der Waals surface area (Å²) in [5.41, 5.74) is 3.61. The van der Waals surface area contributed by atoms with Crippen molar-refractivity contribution in [1.29, 1.82) is 0 Å². The summed E-state index contributed by atoms with van der Waals surface area (Å²) in [6.45, 7) is 4.18. The molecule has 0 saturated carbocycles. The highest BCUT2D eigenvalue weighted by Gasteiger charge is 2.21. The molecule has 0 spiro atoms. The lowest BCUT2D eigenvalue weighted by molar-refractivity contribution is 0.480. The standard InChI is InChI=1S/C13H16N4/c1-10-4-2-3-5-12(10)13-9-15-16-17(13)11-6-7-14-8-11/h2-5,9,11,14H,6-8H2,1H3. The molecule has 88 valence electrons. The van der Waals surface area contributed by atoms with E-state index < -0.39 is 0 Å². The van der Waals surface area contributed by atoms with Crippen LogP contribution in [0.2, 0.25) is 0 Å². The van der Waals surface area contributed by atoms with Crippen molar-refractivity contribution in [3.63, 3.8) is 0 Å². The van der Waals surface area contributed by atoms with Gasteiger partial charge < -0.3 is 5.32 Å². The van der Waals surface area contributed by atoms with E-state index in [9.17, 15) is 0 Å². The summed E-state index contributed by atoms with van der Waals surface area (Å²) in [4.78, 5) is 0. The number of aryl methyl sites for hydroxylation is 1. The van der Waals surface area contributed by atoms with Crippen LogP contribution in [0.25, 0.3) is 11.3 Å². The quantitative estimate of drug-likeness (QED) is 0.852. The van der Waals surface area contributed by atoms with Gasteiger partial charge in [-0.25, -0.2) is 4.68 Å². The summed E-state index contributed by atoms with van der Waals surface area (Å²) < 4.78 is 2.06. The Kier molecular flexibility index (Phi) is 2.65.